The number of carbonyl (C=O) groups is 2. The SMILES string of the molecule is NC(=O)C(C(N)=O)c1cccc(Cl)c1. The average Bonchev–Trinajstić information content (AvgIpc) is 2.02. The first kappa shape index (κ1) is 10.5. The molecule has 0 saturated heterocycles. The summed E-state index contributed by atoms with van der Waals surface area (Å²) in [4.78, 5) is 21.9. The standard InChI is InChI=1S/C9H9ClN2O2/c10-6-3-1-2-5(4-6)7(8(11)13)9(12)14/h1-4,7H,(H2,11,13)(H2,12,14). The summed E-state index contributed by atoms with van der Waals surface area (Å²) in [5.74, 6) is -2.67. The highest BCUT2D eigenvalue weighted by molar-refractivity contribution is 6.30. The number of primary amides is 2. The van der Waals surface area contributed by atoms with Gasteiger partial charge in [0.15, 0.2) is 0 Å². The van der Waals surface area contributed by atoms with Crippen LogP contribution in [0.2, 0.25) is 5.02 Å². The Morgan fingerprint density at radius 3 is 2.21 bits per heavy atom. The number of hydrogen-bond acceptors (Lipinski definition) is 2. The number of halogens is 1. The second-order valence-corrected chi connectivity index (χ2v) is 3.23. The lowest BCUT2D eigenvalue weighted by atomic mass is 9.98. The Labute approximate surface area is 85.8 Å². The molecule has 0 fully saturated rings. The second-order valence-electron chi connectivity index (χ2n) is 2.79. The van der Waals surface area contributed by atoms with Crippen LogP contribution in [0.3, 0.4) is 0 Å². The van der Waals surface area contributed by atoms with Crippen molar-refractivity contribution in [3.8, 4) is 0 Å². The Bertz CT molecular complexity index is 365. The maximum absolute atomic E-state index is 10.9. The fourth-order valence-electron chi connectivity index (χ4n) is 1.15. The van der Waals surface area contributed by atoms with E-state index in [4.69, 9.17) is 23.1 Å². The smallest absolute Gasteiger partial charge is 0.234 e. The highest BCUT2D eigenvalue weighted by Crippen LogP contribution is 2.19. The lowest BCUT2D eigenvalue weighted by Crippen LogP contribution is -2.32. The largest absolute Gasteiger partial charge is 0.369 e. The van der Waals surface area contributed by atoms with Crippen molar-refractivity contribution in [2.24, 2.45) is 11.5 Å². The first-order valence-corrected chi connectivity index (χ1v) is 4.24. The molecule has 1 rings (SSSR count). The van der Waals surface area contributed by atoms with Crippen LogP contribution >= 0.6 is 11.6 Å². The zero-order valence-corrected chi connectivity index (χ0v) is 7.99. The summed E-state index contributed by atoms with van der Waals surface area (Å²) >= 11 is 5.69. The number of carbonyl (C=O) groups excluding carboxylic acids is 2. The number of amides is 2. The third-order valence-electron chi connectivity index (χ3n) is 1.75. The Morgan fingerprint density at radius 1 is 1.21 bits per heavy atom. The molecule has 14 heavy (non-hydrogen) atoms. The van der Waals surface area contributed by atoms with Crippen molar-refractivity contribution in [1.82, 2.24) is 0 Å². The third-order valence-corrected chi connectivity index (χ3v) is 1.99. The second kappa shape index (κ2) is 4.11. The predicted molar refractivity (Wildman–Crippen MR) is 52.6 cm³/mol. The fraction of sp³-hybridized carbons (Fsp3) is 0.111. The molecule has 0 aliphatic rings. The molecule has 0 aliphatic heterocycles. The Kier molecular flexibility index (Phi) is 3.09. The third kappa shape index (κ3) is 2.23. The van der Waals surface area contributed by atoms with E-state index in [1.165, 1.54) is 6.07 Å². The number of nitrogens with two attached hydrogens (primary N) is 2. The van der Waals surface area contributed by atoms with Crippen molar-refractivity contribution in [2.75, 3.05) is 0 Å². The predicted octanol–water partition coefficient (Wildman–Crippen LogP) is 0.394. The van der Waals surface area contributed by atoms with Crippen LogP contribution < -0.4 is 11.5 Å². The van der Waals surface area contributed by atoms with Crippen LogP contribution in [0.5, 0.6) is 0 Å². The van der Waals surface area contributed by atoms with Crippen molar-refractivity contribution >= 4 is 23.4 Å². The van der Waals surface area contributed by atoms with E-state index >= 15 is 0 Å². The van der Waals surface area contributed by atoms with Gasteiger partial charge in [-0.05, 0) is 17.7 Å². The van der Waals surface area contributed by atoms with Gasteiger partial charge >= 0.3 is 0 Å². The van der Waals surface area contributed by atoms with Gasteiger partial charge in [0.2, 0.25) is 11.8 Å². The van der Waals surface area contributed by atoms with Crippen molar-refractivity contribution in [1.29, 1.82) is 0 Å². The van der Waals surface area contributed by atoms with Crippen LogP contribution in [0.1, 0.15) is 11.5 Å². The van der Waals surface area contributed by atoms with E-state index in [1.807, 2.05) is 0 Å². The van der Waals surface area contributed by atoms with Crippen LogP contribution in [0.4, 0.5) is 0 Å². The highest BCUT2D eigenvalue weighted by atomic mass is 35.5. The molecular formula is C9H9ClN2O2. The van der Waals surface area contributed by atoms with Gasteiger partial charge in [-0.1, -0.05) is 23.7 Å². The normalized spacial score (nSPS) is 10.1. The minimum atomic E-state index is -1.12. The molecular weight excluding hydrogens is 204 g/mol. The van der Waals surface area contributed by atoms with E-state index in [-0.39, 0.29) is 0 Å². The summed E-state index contributed by atoms with van der Waals surface area (Å²) in [6, 6.07) is 6.31. The van der Waals surface area contributed by atoms with Crippen LogP contribution in [-0.2, 0) is 9.59 Å². The van der Waals surface area contributed by atoms with Gasteiger partial charge in [-0.2, -0.15) is 0 Å². The summed E-state index contributed by atoms with van der Waals surface area (Å²) in [6.45, 7) is 0. The zero-order chi connectivity index (χ0) is 10.7. The summed E-state index contributed by atoms with van der Waals surface area (Å²) in [5, 5.41) is 0.426. The summed E-state index contributed by atoms with van der Waals surface area (Å²) < 4.78 is 0. The minimum Gasteiger partial charge on any atom is -0.369 e. The molecule has 4 N–H and O–H groups in total. The quantitative estimate of drug-likeness (QED) is 0.711. The molecule has 0 saturated carbocycles. The van der Waals surface area contributed by atoms with Gasteiger partial charge in [0.05, 0.1) is 0 Å². The van der Waals surface area contributed by atoms with E-state index in [9.17, 15) is 9.59 Å². The van der Waals surface area contributed by atoms with E-state index in [0.717, 1.165) is 0 Å². The molecule has 0 radical (unpaired) electrons. The van der Waals surface area contributed by atoms with Gasteiger partial charge in [-0.15, -0.1) is 0 Å². The van der Waals surface area contributed by atoms with Crippen molar-refractivity contribution in [2.45, 2.75) is 5.92 Å². The highest BCUT2D eigenvalue weighted by Gasteiger charge is 2.23. The molecule has 0 atom stereocenters. The van der Waals surface area contributed by atoms with Crippen molar-refractivity contribution in [3.63, 3.8) is 0 Å². The number of hydrogen-bond donors (Lipinski definition) is 2. The monoisotopic (exact) mass is 212 g/mol. The van der Waals surface area contributed by atoms with Gasteiger partial charge in [0.1, 0.15) is 5.92 Å². The molecule has 0 heterocycles. The van der Waals surface area contributed by atoms with Gasteiger partial charge in [0, 0.05) is 5.02 Å². The van der Waals surface area contributed by atoms with Crippen LogP contribution in [0.25, 0.3) is 0 Å². The molecule has 0 spiro atoms. The minimum absolute atomic E-state index is 0.414. The van der Waals surface area contributed by atoms with E-state index in [2.05, 4.69) is 0 Å². The van der Waals surface area contributed by atoms with E-state index in [1.54, 1.807) is 18.2 Å². The van der Waals surface area contributed by atoms with E-state index in [0.29, 0.717) is 10.6 Å². The molecule has 0 bridgehead atoms. The molecule has 0 aliphatic carbocycles. The molecule has 1 aromatic carbocycles. The lowest BCUT2D eigenvalue weighted by molar-refractivity contribution is -0.128. The summed E-state index contributed by atoms with van der Waals surface area (Å²) in [6.07, 6.45) is 0. The Balaban J connectivity index is 3.12. The van der Waals surface area contributed by atoms with E-state index < -0.39 is 17.7 Å². The molecule has 74 valence electrons. The van der Waals surface area contributed by atoms with Crippen LogP contribution in [-0.4, -0.2) is 11.8 Å². The van der Waals surface area contributed by atoms with Crippen LogP contribution in [0, 0.1) is 0 Å². The Hall–Kier alpha value is -1.55. The molecule has 1 aromatic rings. The topological polar surface area (TPSA) is 86.2 Å². The molecule has 5 heteroatoms. The molecule has 4 nitrogen and oxygen atoms in total. The maximum atomic E-state index is 10.9. The van der Waals surface area contributed by atoms with Crippen molar-refractivity contribution in [3.05, 3.63) is 34.9 Å². The zero-order valence-electron chi connectivity index (χ0n) is 7.24. The number of benzene rings is 1. The fourth-order valence-corrected chi connectivity index (χ4v) is 1.35. The van der Waals surface area contributed by atoms with Gasteiger partial charge in [0.25, 0.3) is 0 Å². The molecule has 0 unspecified atom stereocenters. The number of rotatable bonds is 3. The van der Waals surface area contributed by atoms with Gasteiger partial charge < -0.3 is 11.5 Å². The Morgan fingerprint density at radius 2 is 1.79 bits per heavy atom. The first-order chi connectivity index (χ1) is 6.52. The van der Waals surface area contributed by atoms with Gasteiger partial charge in [-0.3, -0.25) is 9.59 Å². The summed E-state index contributed by atoms with van der Waals surface area (Å²) in [7, 11) is 0. The first-order valence-electron chi connectivity index (χ1n) is 3.86. The summed E-state index contributed by atoms with van der Waals surface area (Å²) in [5.41, 5.74) is 10.5. The molecule has 0 aromatic heterocycles. The van der Waals surface area contributed by atoms with Crippen molar-refractivity contribution < 1.29 is 9.59 Å². The maximum Gasteiger partial charge on any atom is 0.234 e. The van der Waals surface area contributed by atoms with Crippen LogP contribution in [0.15, 0.2) is 24.3 Å². The average molecular weight is 213 g/mol. The molecule has 2 amide bonds. The van der Waals surface area contributed by atoms with Gasteiger partial charge in [-0.25, -0.2) is 0 Å². The lowest BCUT2D eigenvalue weighted by Gasteiger charge is -2.09.